The van der Waals surface area contributed by atoms with E-state index in [9.17, 15) is 0 Å². The summed E-state index contributed by atoms with van der Waals surface area (Å²) in [5, 5.41) is 2.18. The van der Waals surface area contributed by atoms with Crippen molar-refractivity contribution in [2.24, 2.45) is 0 Å². The topological polar surface area (TPSA) is 51.8 Å². The van der Waals surface area contributed by atoms with Gasteiger partial charge in [0.15, 0.2) is 0 Å². The minimum Gasteiger partial charge on any atom is -0.455 e. The van der Waals surface area contributed by atoms with Crippen LogP contribution < -0.4 is 0 Å². The molecule has 4 nitrogen and oxygen atoms in total. The van der Waals surface area contributed by atoms with Gasteiger partial charge in [0.1, 0.15) is 11.2 Å². The molecule has 0 amide bonds. The van der Waals surface area contributed by atoms with E-state index >= 15 is 0 Å². The first kappa shape index (κ1) is 49.7. The number of nitrogens with zero attached hydrogens (tertiary/aromatic N) is 3. The van der Waals surface area contributed by atoms with Gasteiger partial charge in [-0.2, -0.15) is 0 Å². The van der Waals surface area contributed by atoms with Crippen LogP contribution in [0.5, 0.6) is 0 Å². The third-order valence-electron chi connectivity index (χ3n) is 14.9. The van der Waals surface area contributed by atoms with E-state index in [4.69, 9.17) is 9.40 Å². The average Bonchev–Trinajstić information content (AvgIpc) is 3.97. The molecule has 4 aromatic heterocycles. The average molecular weight is 1200 g/mol. The number of fused-ring (bicyclic) bond motifs is 3. The Kier molecular flexibility index (Phi) is 13.6. The van der Waals surface area contributed by atoms with Crippen molar-refractivity contribution in [3.8, 4) is 123 Å². The van der Waals surface area contributed by atoms with E-state index in [2.05, 4.69) is 247 Å². The van der Waals surface area contributed by atoms with Gasteiger partial charge in [-0.3, -0.25) is 0 Å². The summed E-state index contributed by atoms with van der Waals surface area (Å²) in [6, 6.07) is 102. The second-order valence-corrected chi connectivity index (χ2v) is 19.6. The molecule has 5 heteroatoms. The second kappa shape index (κ2) is 21.9. The van der Waals surface area contributed by atoms with Gasteiger partial charge in [-0.15, -0.1) is 89.5 Å². The number of para-hydroxylation sites is 1. The largest absolute Gasteiger partial charge is 3.00 e. The Balaban J connectivity index is 0.00000605. The van der Waals surface area contributed by atoms with Gasteiger partial charge in [-0.25, -0.2) is 0 Å². The van der Waals surface area contributed by atoms with E-state index in [0.29, 0.717) is 0 Å². The molecule has 0 bridgehead atoms. The monoisotopic (exact) mass is 1200 g/mol. The molecule has 0 aliphatic heterocycles. The van der Waals surface area contributed by atoms with Crippen LogP contribution >= 0.6 is 0 Å². The summed E-state index contributed by atoms with van der Waals surface area (Å²) >= 11 is 0. The zero-order chi connectivity index (χ0) is 52.5. The summed E-state index contributed by atoms with van der Waals surface area (Å²) in [6.07, 6.45) is 5.52. The fourth-order valence-corrected chi connectivity index (χ4v) is 10.9. The maximum Gasteiger partial charge on any atom is 3.00 e. The summed E-state index contributed by atoms with van der Waals surface area (Å²) in [7, 11) is 0. The van der Waals surface area contributed by atoms with Crippen molar-refractivity contribution in [2.45, 2.75) is 0 Å². The van der Waals surface area contributed by atoms with E-state index in [1.165, 1.54) is 0 Å². The van der Waals surface area contributed by atoms with Crippen LogP contribution in [-0.4, -0.2) is 15.0 Å². The van der Waals surface area contributed by atoms with E-state index in [-0.39, 0.29) is 20.1 Å². The number of aromatic nitrogens is 3. The van der Waals surface area contributed by atoms with E-state index < -0.39 is 0 Å². The van der Waals surface area contributed by atoms with Gasteiger partial charge in [0.2, 0.25) is 0 Å². The Morgan fingerprint density at radius 2 is 0.700 bits per heavy atom. The second-order valence-electron chi connectivity index (χ2n) is 19.6. The van der Waals surface area contributed by atoms with Crippen molar-refractivity contribution in [3.05, 3.63) is 298 Å². The Bertz CT molecular complexity index is 4360. The SMILES string of the molecule is [Ir+3].[c-]1cc(-c2ccccc2-c2cc(-c3ccccc3-c3c[c-]c(-c4ccccn4)cc3)cc(-c3ccccc3-c3c[c-]c(-c4cc(-c5cccc6c5oc5cc(-c7ccccc7)ccc56)ccn4)cc3)c2)ccc1-c1ccccn1. The van der Waals surface area contributed by atoms with Gasteiger partial charge < -0.3 is 19.4 Å². The molecule has 80 heavy (non-hydrogen) atoms. The molecule has 0 saturated carbocycles. The third kappa shape index (κ3) is 9.67. The van der Waals surface area contributed by atoms with Crippen molar-refractivity contribution < 1.29 is 24.5 Å². The predicted molar refractivity (Wildman–Crippen MR) is 323 cm³/mol. The van der Waals surface area contributed by atoms with Gasteiger partial charge in [-0.1, -0.05) is 191 Å². The van der Waals surface area contributed by atoms with Gasteiger partial charge in [0.05, 0.1) is 0 Å². The summed E-state index contributed by atoms with van der Waals surface area (Å²) in [5.41, 5.74) is 24.7. The maximum atomic E-state index is 6.68. The minimum atomic E-state index is 0. The molecule has 4 heterocycles. The van der Waals surface area contributed by atoms with Gasteiger partial charge >= 0.3 is 20.1 Å². The molecule has 0 spiro atoms. The summed E-state index contributed by atoms with van der Waals surface area (Å²) in [6.45, 7) is 0. The Hall–Kier alpha value is -9.90. The molecule has 0 unspecified atom stereocenters. The molecule has 376 valence electrons. The quantitative estimate of drug-likeness (QED) is 0.121. The van der Waals surface area contributed by atoms with E-state index in [1.807, 2.05) is 61.1 Å². The molecule has 0 atom stereocenters. The minimum absolute atomic E-state index is 0. The van der Waals surface area contributed by atoms with Crippen LogP contribution in [0.2, 0.25) is 0 Å². The number of pyridine rings is 3. The molecule has 14 aromatic rings. The molecule has 0 aliphatic carbocycles. The van der Waals surface area contributed by atoms with Crippen LogP contribution in [0.15, 0.2) is 284 Å². The Morgan fingerprint density at radius 1 is 0.263 bits per heavy atom. The van der Waals surface area contributed by atoms with Gasteiger partial charge in [0, 0.05) is 34.9 Å². The van der Waals surface area contributed by atoms with Gasteiger partial charge in [-0.05, 0) is 116 Å². The fraction of sp³-hybridized carbons (Fsp3) is 0. The van der Waals surface area contributed by atoms with Crippen LogP contribution in [0.25, 0.3) is 145 Å². The normalized spacial score (nSPS) is 11.2. The van der Waals surface area contributed by atoms with Crippen molar-refractivity contribution in [1.82, 2.24) is 15.0 Å². The Morgan fingerprint density at radius 3 is 1.18 bits per heavy atom. The summed E-state index contributed by atoms with van der Waals surface area (Å²) in [5.74, 6) is 0. The van der Waals surface area contributed by atoms with Crippen LogP contribution in [-0.2, 0) is 20.1 Å². The molecule has 10 aromatic carbocycles. The maximum absolute atomic E-state index is 6.68. The van der Waals surface area contributed by atoms with Crippen molar-refractivity contribution in [1.29, 1.82) is 0 Å². The smallest absolute Gasteiger partial charge is 0.455 e. The molecule has 0 aliphatic rings. The first-order valence-electron chi connectivity index (χ1n) is 26.5. The first-order valence-corrected chi connectivity index (χ1v) is 26.5. The first-order chi connectivity index (χ1) is 39.1. The zero-order valence-electron chi connectivity index (χ0n) is 43.1. The molecular weight excluding hydrogens is 1150 g/mol. The number of hydrogen-bond donors (Lipinski definition) is 0. The van der Waals surface area contributed by atoms with Crippen molar-refractivity contribution in [3.63, 3.8) is 0 Å². The Labute approximate surface area is 478 Å². The number of hydrogen-bond acceptors (Lipinski definition) is 4. The number of benzene rings is 10. The standard InChI is InChI=1S/C75H46N3O.Ir/c1-2-15-50(16-3-1)57-39-40-69-70-24-14-23-68(75(70)79-74(69)49-57)58-41-44-78-73(48-58)56-37-31-53(32-38-56)64-19-6-9-22-67(64)61-46-59(65-20-7-4-17-62(65)51-27-33-54(34-28-51)71-25-10-12-42-76-71)45-60(47-61)66-21-8-5-18-63(66)52-29-35-55(36-30-52)72-26-11-13-43-77-72;/h1-33,35,37,39-49H;/q-3;+3. The van der Waals surface area contributed by atoms with E-state index in [1.54, 1.807) is 0 Å². The van der Waals surface area contributed by atoms with Crippen LogP contribution in [0.3, 0.4) is 0 Å². The molecule has 0 N–H and O–H groups in total. The van der Waals surface area contributed by atoms with Crippen LogP contribution in [0.1, 0.15) is 0 Å². The molecule has 0 fully saturated rings. The summed E-state index contributed by atoms with van der Waals surface area (Å²) < 4.78 is 6.68. The molecule has 0 saturated heterocycles. The number of rotatable bonds is 11. The van der Waals surface area contributed by atoms with Crippen LogP contribution in [0, 0.1) is 18.2 Å². The predicted octanol–water partition coefficient (Wildman–Crippen LogP) is 19.5. The third-order valence-corrected chi connectivity index (χ3v) is 14.9. The summed E-state index contributed by atoms with van der Waals surface area (Å²) in [4.78, 5) is 14.0. The van der Waals surface area contributed by atoms with Gasteiger partial charge in [0.25, 0.3) is 0 Å². The van der Waals surface area contributed by atoms with Crippen molar-refractivity contribution in [2.75, 3.05) is 0 Å². The van der Waals surface area contributed by atoms with Crippen LogP contribution in [0.4, 0.5) is 0 Å². The zero-order valence-corrected chi connectivity index (χ0v) is 45.5. The molecule has 0 radical (unpaired) electrons. The van der Waals surface area contributed by atoms with Crippen molar-refractivity contribution >= 4 is 21.9 Å². The molecule has 14 rings (SSSR count). The number of furan rings is 1. The molecular formula is C75H46IrN3O. The van der Waals surface area contributed by atoms with E-state index in [0.717, 1.165) is 145 Å². The fourth-order valence-electron chi connectivity index (χ4n) is 10.9.